The monoisotopic (exact) mass is 320 g/mol. The minimum Gasteiger partial charge on any atom is -0.504 e. The maximum absolute atomic E-state index is 11.4. The number of rotatable bonds is 6. The van der Waals surface area contributed by atoms with E-state index in [-0.39, 0.29) is 12.5 Å². The van der Waals surface area contributed by atoms with Crippen molar-refractivity contribution in [1.29, 1.82) is 0 Å². The van der Waals surface area contributed by atoms with E-state index in [1.54, 1.807) is 6.07 Å². The van der Waals surface area contributed by atoms with Crippen molar-refractivity contribution in [2.24, 2.45) is 0 Å². The largest absolute Gasteiger partial charge is 0.504 e. The number of hydrogen-bond donors (Lipinski definition) is 1. The van der Waals surface area contributed by atoms with Crippen molar-refractivity contribution in [1.82, 2.24) is 0 Å². The Kier molecular flexibility index (Phi) is 5.28. The van der Waals surface area contributed by atoms with Crippen molar-refractivity contribution in [3.05, 3.63) is 29.5 Å². The van der Waals surface area contributed by atoms with Crippen LogP contribution in [-0.4, -0.2) is 25.0 Å². The zero-order valence-corrected chi connectivity index (χ0v) is 13.6. The summed E-state index contributed by atoms with van der Waals surface area (Å²) in [4.78, 5) is 11.4. The number of methoxy groups -OCH3 is 1. The van der Waals surface area contributed by atoms with Crippen LogP contribution in [0.3, 0.4) is 0 Å². The van der Waals surface area contributed by atoms with E-state index in [2.05, 4.69) is 0 Å². The molecular weight excluding hydrogens is 300 g/mol. The SMILES string of the molecule is COCOc1c(CC=C(C)C)c(OC(C)=O)cc2occ(O)c12. The van der Waals surface area contributed by atoms with Gasteiger partial charge in [-0.15, -0.1) is 0 Å². The average molecular weight is 320 g/mol. The Morgan fingerprint density at radius 1 is 1.35 bits per heavy atom. The van der Waals surface area contributed by atoms with Gasteiger partial charge in [-0.2, -0.15) is 0 Å². The van der Waals surface area contributed by atoms with E-state index >= 15 is 0 Å². The Morgan fingerprint density at radius 3 is 2.70 bits per heavy atom. The minimum absolute atomic E-state index is 0.00886. The summed E-state index contributed by atoms with van der Waals surface area (Å²) in [5, 5.41) is 10.5. The molecule has 0 bridgehead atoms. The van der Waals surface area contributed by atoms with Crippen molar-refractivity contribution in [3.8, 4) is 17.2 Å². The number of ether oxygens (including phenoxy) is 3. The Hall–Kier alpha value is -2.47. The standard InChI is InChI=1S/C17H20O6/c1-10(2)5-6-12-14(23-11(3)18)7-15-16(13(19)8-21-15)17(12)22-9-20-4/h5,7-8,19H,6,9H2,1-4H3. The lowest BCUT2D eigenvalue weighted by Gasteiger charge is -2.15. The molecule has 0 radical (unpaired) electrons. The predicted molar refractivity (Wildman–Crippen MR) is 84.8 cm³/mol. The van der Waals surface area contributed by atoms with Crippen LogP contribution in [0, 0.1) is 0 Å². The van der Waals surface area contributed by atoms with Crippen molar-refractivity contribution in [2.45, 2.75) is 27.2 Å². The summed E-state index contributed by atoms with van der Waals surface area (Å²) < 4.78 is 21.2. The number of aromatic hydroxyl groups is 1. The number of hydrogen-bond acceptors (Lipinski definition) is 6. The van der Waals surface area contributed by atoms with Gasteiger partial charge in [-0.1, -0.05) is 11.6 Å². The molecular formula is C17H20O6. The van der Waals surface area contributed by atoms with E-state index in [1.165, 1.54) is 20.3 Å². The number of carbonyl (C=O) groups excluding carboxylic acids is 1. The highest BCUT2D eigenvalue weighted by Gasteiger charge is 2.21. The predicted octanol–water partition coefficient (Wildman–Crippen LogP) is 3.56. The molecule has 6 nitrogen and oxygen atoms in total. The molecule has 0 atom stereocenters. The topological polar surface area (TPSA) is 78.1 Å². The van der Waals surface area contributed by atoms with Gasteiger partial charge < -0.3 is 23.7 Å². The van der Waals surface area contributed by atoms with Crippen molar-refractivity contribution in [2.75, 3.05) is 13.9 Å². The molecule has 6 heteroatoms. The van der Waals surface area contributed by atoms with Crippen LogP contribution in [0.5, 0.6) is 17.2 Å². The summed E-state index contributed by atoms with van der Waals surface area (Å²) in [6.07, 6.45) is 3.67. The summed E-state index contributed by atoms with van der Waals surface area (Å²) in [5.74, 6) is 0.225. The molecule has 0 spiro atoms. The maximum Gasteiger partial charge on any atom is 0.308 e. The van der Waals surface area contributed by atoms with Gasteiger partial charge in [0, 0.05) is 25.7 Å². The fourth-order valence-electron chi connectivity index (χ4n) is 2.19. The van der Waals surface area contributed by atoms with E-state index in [0.717, 1.165) is 5.57 Å². The van der Waals surface area contributed by atoms with Gasteiger partial charge in [0.2, 0.25) is 0 Å². The van der Waals surface area contributed by atoms with Gasteiger partial charge in [0.15, 0.2) is 12.5 Å². The summed E-state index contributed by atoms with van der Waals surface area (Å²) >= 11 is 0. The molecule has 1 N–H and O–H groups in total. The van der Waals surface area contributed by atoms with Crippen LogP contribution in [0.2, 0.25) is 0 Å². The molecule has 0 aliphatic carbocycles. The third kappa shape index (κ3) is 3.84. The van der Waals surface area contributed by atoms with Crippen LogP contribution < -0.4 is 9.47 Å². The van der Waals surface area contributed by atoms with Crippen LogP contribution in [0.1, 0.15) is 26.3 Å². The van der Waals surface area contributed by atoms with Gasteiger partial charge >= 0.3 is 5.97 Å². The molecule has 2 aromatic rings. The van der Waals surface area contributed by atoms with Crippen molar-refractivity contribution in [3.63, 3.8) is 0 Å². The van der Waals surface area contributed by atoms with Crippen LogP contribution in [0.25, 0.3) is 11.0 Å². The smallest absolute Gasteiger partial charge is 0.308 e. The molecule has 1 heterocycles. The van der Waals surface area contributed by atoms with Crippen LogP contribution in [0.15, 0.2) is 28.4 Å². The average Bonchev–Trinajstić information content (AvgIpc) is 2.83. The second kappa shape index (κ2) is 7.19. The van der Waals surface area contributed by atoms with Crippen molar-refractivity contribution < 1.29 is 28.5 Å². The van der Waals surface area contributed by atoms with Crippen LogP contribution in [-0.2, 0) is 16.0 Å². The summed E-state index contributed by atoms with van der Waals surface area (Å²) in [6, 6.07) is 1.57. The Labute approximate surface area is 134 Å². The molecule has 0 fully saturated rings. The summed E-state index contributed by atoms with van der Waals surface area (Å²) in [5.41, 5.74) is 2.11. The minimum atomic E-state index is -0.448. The molecule has 0 saturated heterocycles. The first-order valence-corrected chi connectivity index (χ1v) is 7.13. The molecule has 124 valence electrons. The van der Waals surface area contributed by atoms with Gasteiger partial charge in [-0.3, -0.25) is 4.79 Å². The third-order valence-corrected chi connectivity index (χ3v) is 3.15. The number of furan rings is 1. The Bertz CT molecular complexity index is 737. The fraction of sp³-hybridized carbons (Fsp3) is 0.353. The number of benzene rings is 1. The molecule has 0 saturated carbocycles. The van der Waals surface area contributed by atoms with E-state index < -0.39 is 5.97 Å². The Balaban J connectivity index is 2.67. The second-order valence-corrected chi connectivity index (χ2v) is 5.31. The molecule has 2 rings (SSSR count). The van der Waals surface area contributed by atoms with E-state index in [0.29, 0.717) is 34.5 Å². The molecule has 0 aliphatic heterocycles. The van der Waals surface area contributed by atoms with E-state index in [4.69, 9.17) is 18.6 Å². The number of fused-ring (bicyclic) bond motifs is 1. The molecule has 23 heavy (non-hydrogen) atoms. The lowest BCUT2D eigenvalue weighted by molar-refractivity contribution is -0.131. The molecule has 0 amide bonds. The molecule has 0 aliphatic rings. The van der Waals surface area contributed by atoms with E-state index in [1.807, 2.05) is 19.9 Å². The quantitative estimate of drug-likeness (QED) is 0.379. The Morgan fingerprint density at radius 2 is 2.09 bits per heavy atom. The lowest BCUT2D eigenvalue weighted by Crippen LogP contribution is -2.07. The molecule has 1 aromatic heterocycles. The van der Waals surface area contributed by atoms with Crippen molar-refractivity contribution >= 4 is 16.9 Å². The van der Waals surface area contributed by atoms with Gasteiger partial charge in [-0.05, 0) is 20.3 Å². The zero-order chi connectivity index (χ0) is 17.0. The zero-order valence-electron chi connectivity index (χ0n) is 13.6. The first-order chi connectivity index (χ1) is 10.9. The van der Waals surface area contributed by atoms with Crippen LogP contribution >= 0.6 is 0 Å². The highest BCUT2D eigenvalue weighted by molar-refractivity contribution is 5.93. The maximum atomic E-state index is 11.4. The first kappa shape index (κ1) is 16.9. The third-order valence-electron chi connectivity index (χ3n) is 3.15. The molecule has 1 aromatic carbocycles. The fourth-order valence-corrected chi connectivity index (χ4v) is 2.19. The molecule has 0 unspecified atom stereocenters. The summed E-state index contributed by atoms with van der Waals surface area (Å²) in [7, 11) is 1.50. The van der Waals surface area contributed by atoms with Gasteiger partial charge in [0.25, 0.3) is 0 Å². The number of esters is 1. The highest BCUT2D eigenvalue weighted by Crippen LogP contribution is 2.43. The van der Waals surface area contributed by atoms with Crippen LogP contribution in [0.4, 0.5) is 0 Å². The van der Waals surface area contributed by atoms with Gasteiger partial charge in [-0.25, -0.2) is 0 Å². The summed E-state index contributed by atoms with van der Waals surface area (Å²) in [6.45, 7) is 5.25. The van der Waals surface area contributed by atoms with Gasteiger partial charge in [0.05, 0.1) is 0 Å². The van der Waals surface area contributed by atoms with Gasteiger partial charge in [0.1, 0.15) is 28.7 Å². The normalized spacial score (nSPS) is 10.6. The highest BCUT2D eigenvalue weighted by atomic mass is 16.7. The lowest BCUT2D eigenvalue weighted by atomic mass is 10.0. The number of allylic oxidation sites excluding steroid dienone is 2. The number of carbonyl (C=O) groups is 1. The van der Waals surface area contributed by atoms with E-state index in [9.17, 15) is 9.90 Å². The second-order valence-electron chi connectivity index (χ2n) is 5.31. The first-order valence-electron chi connectivity index (χ1n) is 7.13.